The van der Waals surface area contributed by atoms with Crippen LogP contribution in [-0.2, 0) is 0 Å². The van der Waals surface area contributed by atoms with Gasteiger partial charge in [-0.25, -0.2) is 0 Å². The Morgan fingerprint density at radius 2 is 2.31 bits per heavy atom. The molecule has 0 radical (unpaired) electrons. The van der Waals surface area contributed by atoms with Gasteiger partial charge in [-0.1, -0.05) is 23.2 Å². The van der Waals surface area contributed by atoms with Crippen LogP contribution in [0.3, 0.4) is 0 Å². The second kappa shape index (κ2) is 4.99. The van der Waals surface area contributed by atoms with E-state index in [-0.39, 0.29) is 0 Å². The Kier molecular flexibility index (Phi) is 3.63. The summed E-state index contributed by atoms with van der Waals surface area (Å²) in [6.45, 7) is 2.58. The highest BCUT2D eigenvalue weighted by molar-refractivity contribution is 7.00. The molecule has 3 nitrogen and oxygen atoms in total. The predicted octanol–water partition coefficient (Wildman–Crippen LogP) is 3.90. The topological polar surface area (TPSA) is 37.8 Å². The minimum atomic E-state index is 0.639. The molecule has 2 aromatic rings. The number of aromatic nitrogens is 2. The van der Waals surface area contributed by atoms with Crippen molar-refractivity contribution < 1.29 is 0 Å². The molecule has 0 aliphatic carbocycles. The molecule has 0 aliphatic rings. The van der Waals surface area contributed by atoms with Gasteiger partial charge in [-0.05, 0) is 24.6 Å². The first-order valence-corrected chi connectivity index (χ1v) is 6.17. The predicted molar refractivity (Wildman–Crippen MR) is 70.5 cm³/mol. The third-order valence-corrected chi connectivity index (χ3v) is 3.34. The molecular formula is C10H9Cl2N3S. The molecule has 6 heteroatoms. The molecule has 84 valence electrons. The molecule has 0 fully saturated rings. The van der Waals surface area contributed by atoms with Crippen molar-refractivity contribution in [3.8, 4) is 0 Å². The first-order chi connectivity index (χ1) is 7.72. The SMILES string of the molecule is C/C(=C/Cl)CNc1c(Cl)ccc2nsnc12. The molecule has 0 saturated carbocycles. The second-order valence-corrected chi connectivity index (χ2v) is 4.52. The number of hydrogen-bond donors (Lipinski definition) is 1. The zero-order valence-electron chi connectivity index (χ0n) is 8.50. The van der Waals surface area contributed by atoms with Crippen LogP contribution >= 0.6 is 34.9 Å². The van der Waals surface area contributed by atoms with Crippen molar-refractivity contribution in [2.24, 2.45) is 0 Å². The third kappa shape index (κ3) is 2.29. The lowest BCUT2D eigenvalue weighted by atomic mass is 10.2. The molecule has 0 saturated heterocycles. The molecule has 2 rings (SSSR count). The zero-order chi connectivity index (χ0) is 11.5. The molecule has 1 aromatic carbocycles. The Labute approximate surface area is 107 Å². The molecule has 16 heavy (non-hydrogen) atoms. The average molecular weight is 274 g/mol. The summed E-state index contributed by atoms with van der Waals surface area (Å²) in [6.07, 6.45) is 0. The van der Waals surface area contributed by atoms with Gasteiger partial charge in [0.1, 0.15) is 11.0 Å². The zero-order valence-corrected chi connectivity index (χ0v) is 10.8. The summed E-state index contributed by atoms with van der Waals surface area (Å²) in [5.41, 5.74) is 5.04. The number of rotatable bonds is 3. The number of nitrogens with zero attached hydrogens (tertiary/aromatic N) is 2. The lowest BCUT2D eigenvalue weighted by Gasteiger charge is -2.08. The maximum atomic E-state index is 6.11. The van der Waals surface area contributed by atoms with E-state index in [0.29, 0.717) is 11.6 Å². The van der Waals surface area contributed by atoms with Crippen molar-refractivity contribution in [2.45, 2.75) is 6.92 Å². The smallest absolute Gasteiger partial charge is 0.129 e. The molecule has 0 bridgehead atoms. The van der Waals surface area contributed by atoms with Crippen molar-refractivity contribution in [2.75, 3.05) is 11.9 Å². The van der Waals surface area contributed by atoms with Gasteiger partial charge in [-0.2, -0.15) is 8.75 Å². The monoisotopic (exact) mass is 273 g/mol. The van der Waals surface area contributed by atoms with Gasteiger partial charge in [0, 0.05) is 12.1 Å². The van der Waals surface area contributed by atoms with Crippen molar-refractivity contribution in [1.82, 2.24) is 8.75 Å². The summed E-state index contributed by atoms with van der Waals surface area (Å²) in [4.78, 5) is 0. The van der Waals surface area contributed by atoms with Gasteiger partial charge in [0.05, 0.1) is 22.4 Å². The summed E-state index contributed by atoms with van der Waals surface area (Å²) < 4.78 is 8.37. The summed E-state index contributed by atoms with van der Waals surface area (Å²) >= 11 is 12.9. The van der Waals surface area contributed by atoms with Gasteiger partial charge in [0.2, 0.25) is 0 Å². The van der Waals surface area contributed by atoms with Crippen LogP contribution in [0.25, 0.3) is 11.0 Å². The quantitative estimate of drug-likeness (QED) is 0.922. The first-order valence-electron chi connectivity index (χ1n) is 4.63. The van der Waals surface area contributed by atoms with Gasteiger partial charge < -0.3 is 5.32 Å². The number of fused-ring (bicyclic) bond motifs is 1. The van der Waals surface area contributed by atoms with Crippen LogP contribution in [0, 0.1) is 0 Å². The minimum absolute atomic E-state index is 0.639. The van der Waals surface area contributed by atoms with E-state index < -0.39 is 0 Å². The number of anilines is 1. The summed E-state index contributed by atoms with van der Waals surface area (Å²) in [5, 5.41) is 3.85. The van der Waals surface area contributed by atoms with Crippen LogP contribution in [-0.4, -0.2) is 15.3 Å². The summed E-state index contributed by atoms with van der Waals surface area (Å²) in [7, 11) is 0. The molecule has 1 N–H and O–H groups in total. The van der Waals surface area contributed by atoms with Crippen molar-refractivity contribution in [3.63, 3.8) is 0 Å². The van der Waals surface area contributed by atoms with Crippen molar-refractivity contribution in [1.29, 1.82) is 0 Å². The fourth-order valence-corrected chi connectivity index (χ4v) is 2.10. The Hall–Kier alpha value is -0.840. The largest absolute Gasteiger partial charge is 0.378 e. The van der Waals surface area contributed by atoms with Gasteiger partial charge >= 0.3 is 0 Å². The maximum Gasteiger partial charge on any atom is 0.129 e. The van der Waals surface area contributed by atoms with Crippen LogP contribution in [0.4, 0.5) is 5.69 Å². The van der Waals surface area contributed by atoms with Crippen LogP contribution < -0.4 is 5.32 Å². The van der Waals surface area contributed by atoms with Crippen LogP contribution in [0.5, 0.6) is 0 Å². The number of benzene rings is 1. The summed E-state index contributed by atoms with van der Waals surface area (Å²) in [5.74, 6) is 0. The van der Waals surface area contributed by atoms with Crippen LogP contribution in [0.15, 0.2) is 23.2 Å². The van der Waals surface area contributed by atoms with E-state index in [1.54, 1.807) is 5.54 Å². The van der Waals surface area contributed by atoms with E-state index in [2.05, 4.69) is 14.1 Å². The molecule has 0 spiro atoms. The van der Waals surface area contributed by atoms with E-state index in [1.807, 2.05) is 19.1 Å². The number of halogens is 2. The fraction of sp³-hybridized carbons (Fsp3) is 0.200. The molecule has 1 heterocycles. The Balaban J connectivity index is 2.34. The lowest BCUT2D eigenvalue weighted by Crippen LogP contribution is -2.03. The summed E-state index contributed by atoms with van der Waals surface area (Å²) in [6, 6.07) is 3.67. The van der Waals surface area contributed by atoms with Gasteiger partial charge in [0.25, 0.3) is 0 Å². The maximum absolute atomic E-state index is 6.11. The van der Waals surface area contributed by atoms with E-state index in [9.17, 15) is 0 Å². The van der Waals surface area contributed by atoms with Crippen molar-refractivity contribution in [3.05, 3.63) is 28.3 Å². The van der Waals surface area contributed by atoms with Gasteiger partial charge in [-0.3, -0.25) is 0 Å². The number of nitrogens with one attached hydrogen (secondary N) is 1. The molecule has 0 aliphatic heterocycles. The Morgan fingerprint density at radius 1 is 1.50 bits per heavy atom. The van der Waals surface area contributed by atoms with Gasteiger partial charge in [-0.15, -0.1) is 0 Å². The normalized spacial score (nSPS) is 12.1. The van der Waals surface area contributed by atoms with Crippen LogP contribution in [0.2, 0.25) is 5.02 Å². The third-order valence-electron chi connectivity index (χ3n) is 2.11. The molecular weight excluding hydrogens is 265 g/mol. The molecule has 0 atom stereocenters. The molecule has 0 unspecified atom stereocenters. The standard InChI is InChI=1S/C10H9Cl2N3S/c1-6(4-11)5-13-9-7(12)2-3-8-10(9)15-16-14-8/h2-4,13H,5H2,1H3/b6-4-. The van der Waals surface area contributed by atoms with E-state index in [0.717, 1.165) is 22.3 Å². The highest BCUT2D eigenvalue weighted by atomic mass is 35.5. The highest BCUT2D eigenvalue weighted by Crippen LogP contribution is 2.29. The second-order valence-electron chi connectivity index (χ2n) is 3.36. The number of hydrogen-bond acceptors (Lipinski definition) is 4. The van der Waals surface area contributed by atoms with Crippen molar-refractivity contribution >= 4 is 51.7 Å². The van der Waals surface area contributed by atoms with Crippen LogP contribution in [0.1, 0.15) is 6.92 Å². The van der Waals surface area contributed by atoms with E-state index in [4.69, 9.17) is 23.2 Å². The molecule has 0 amide bonds. The Morgan fingerprint density at radius 3 is 3.06 bits per heavy atom. The van der Waals surface area contributed by atoms with E-state index in [1.165, 1.54) is 11.7 Å². The van der Waals surface area contributed by atoms with E-state index >= 15 is 0 Å². The Bertz CT molecular complexity index is 536. The molecule has 1 aromatic heterocycles. The lowest BCUT2D eigenvalue weighted by molar-refractivity contribution is 1.22. The average Bonchev–Trinajstić information content (AvgIpc) is 2.75. The highest BCUT2D eigenvalue weighted by Gasteiger charge is 2.09. The first kappa shape index (κ1) is 11.6. The minimum Gasteiger partial charge on any atom is -0.378 e. The fourth-order valence-electron chi connectivity index (χ4n) is 1.26. The van der Waals surface area contributed by atoms with Gasteiger partial charge in [0.15, 0.2) is 0 Å².